The molecule has 10 nitrogen and oxygen atoms in total. The molecule has 24 heavy (non-hydrogen) atoms. The maximum Gasteiger partial charge on any atom is 0.433 e. The van der Waals surface area contributed by atoms with Gasteiger partial charge < -0.3 is 20.2 Å². The highest BCUT2D eigenvalue weighted by molar-refractivity contribution is 6.07. The highest BCUT2D eigenvalue weighted by atomic mass is 16.6. The van der Waals surface area contributed by atoms with Crippen molar-refractivity contribution >= 4 is 29.4 Å². The Bertz CT molecular complexity index is 812. The average Bonchev–Trinajstić information content (AvgIpc) is 3.03. The normalized spacial score (nSPS) is 10.0. The third kappa shape index (κ3) is 3.94. The lowest BCUT2D eigenvalue weighted by atomic mass is 10.1. The number of benzene rings is 1. The van der Waals surface area contributed by atoms with Crippen LogP contribution in [0.5, 0.6) is 0 Å². The number of nitro groups is 1. The summed E-state index contributed by atoms with van der Waals surface area (Å²) < 4.78 is 9.45. The SMILES string of the molecule is NC(=O)COC(=O)c1ccccc1NC(=O)c1ccc([N+](=O)[O-])o1. The van der Waals surface area contributed by atoms with Crippen molar-refractivity contribution in [3.8, 4) is 0 Å². The number of ether oxygens (including phenoxy) is 1. The number of hydrogen-bond acceptors (Lipinski definition) is 7. The molecule has 0 atom stereocenters. The van der Waals surface area contributed by atoms with Crippen LogP contribution in [0.1, 0.15) is 20.9 Å². The van der Waals surface area contributed by atoms with Crippen LogP contribution in [0.15, 0.2) is 40.8 Å². The van der Waals surface area contributed by atoms with Gasteiger partial charge in [0.05, 0.1) is 17.3 Å². The van der Waals surface area contributed by atoms with Gasteiger partial charge in [0.1, 0.15) is 4.92 Å². The lowest BCUT2D eigenvalue weighted by Crippen LogP contribution is -2.22. The predicted molar refractivity (Wildman–Crippen MR) is 79.2 cm³/mol. The number of nitrogens with one attached hydrogen (secondary N) is 1. The molecule has 10 heteroatoms. The van der Waals surface area contributed by atoms with Crippen LogP contribution in [0.4, 0.5) is 11.6 Å². The molecule has 0 spiro atoms. The van der Waals surface area contributed by atoms with Gasteiger partial charge in [0.15, 0.2) is 12.4 Å². The molecule has 0 fully saturated rings. The molecule has 1 aromatic heterocycles. The Kier molecular flexibility index (Phi) is 4.90. The standard InChI is InChI=1S/C14H11N3O7/c15-11(18)7-23-14(20)8-3-1-2-4-9(8)16-13(19)10-5-6-12(24-10)17(21)22/h1-6H,7H2,(H2,15,18)(H,16,19). The van der Waals surface area contributed by atoms with E-state index in [-0.39, 0.29) is 17.0 Å². The van der Waals surface area contributed by atoms with E-state index in [1.165, 1.54) is 18.2 Å². The highest BCUT2D eigenvalue weighted by Crippen LogP contribution is 2.20. The number of primary amides is 1. The molecular formula is C14H11N3O7. The Balaban J connectivity index is 2.17. The van der Waals surface area contributed by atoms with E-state index in [4.69, 9.17) is 10.2 Å². The number of anilines is 1. The minimum atomic E-state index is -0.866. The minimum absolute atomic E-state index is 0.0202. The number of hydrogen-bond donors (Lipinski definition) is 2. The van der Waals surface area contributed by atoms with Gasteiger partial charge in [-0.15, -0.1) is 0 Å². The second kappa shape index (κ2) is 7.05. The number of nitrogens with two attached hydrogens (primary N) is 1. The van der Waals surface area contributed by atoms with Gasteiger partial charge in [0.25, 0.3) is 11.8 Å². The Morgan fingerprint density at radius 1 is 1.21 bits per heavy atom. The molecule has 0 aliphatic carbocycles. The zero-order valence-electron chi connectivity index (χ0n) is 12.1. The van der Waals surface area contributed by atoms with Gasteiger partial charge in [-0.05, 0) is 18.2 Å². The summed E-state index contributed by atoms with van der Waals surface area (Å²) in [5.41, 5.74) is 4.95. The van der Waals surface area contributed by atoms with E-state index in [2.05, 4.69) is 10.1 Å². The van der Waals surface area contributed by atoms with Crippen LogP contribution < -0.4 is 11.1 Å². The summed E-state index contributed by atoms with van der Waals surface area (Å²) in [5.74, 6) is -3.38. The second-order valence-corrected chi connectivity index (χ2v) is 4.44. The van der Waals surface area contributed by atoms with E-state index in [9.17, 15) is 24.5 Å². The zero-order chi connectivity index (χ0) is 17.7. The smallest absolute Gasteiger partial charge is 0.433 e. The fraction of sp³-hybridized carbons (Fsp3) is 0.0714. The molecule has 2 aromatic rings. The largest absolute Gasteiger partial charge is 0.452 e. The maximum atomic E-state index is 12.0. The van der Waals surface area contributed by atoms with Crippen molar-refractivity contribution in [2.24, 2.45) is 5.73 Å². The van der Waals surface area contributed by atoms with Crippen molar-refractivity contribution in [2.45, 2.75) is 0 Å². The number of nitrogens with zero attached hydrogens (tertiary/aromatic N) is 1. The van der Waals surface area contributed by atoms with Crippen molar-refractivity contribution in [3.63, 3.8) is 0 Å². The van der Waals surface area contributed by atoms with Crippen molar-refractivity contribution in [2.75, 3.05) is 11.9 Å². The van der Waals surface area contributed by atoms with Gasteiger partial charge in [-0.2, -0.15) is 0 Å². The lowest BCUT2D eigenvalue weighted by Gasteiger charge is -2.09. The molecule has 3 N–H and O–H groups in total. The lowest BCUT2D eigenvalue weighted by molar-refractivity contribution is -0.402. The third-order valence-electron chi connectivity index (χ3n) is 2.74. The van der Waals surface area contributed by atoms with Gasteiger partial charge in [-0.1, -0.05) is 12.1 Å². The number of para-hydroxylation sites is 1. The molecule has 2 rings (SSSR count). The molecule has 2 amide bonds. The van der Waals surface area contributed by atoms with Crippen LogP contribution in [-0.4, -0.2) is 29.3 Å². The average molecular weight is 333 g/mol. The molecule has 1 heterocycles. The van der Waals surface area contributed by atoms with Crippen LogP contribution in [0.3, 0.4) is 0 Å². The van der Waals surface area contributed by atoms with Crippen LogP contribution in [0.25, 0.3) is 0 Å². The first-order valence-electron chi connectivity index (χ1n) is 6.48. The number of amides is 2. The number of carbonyl (C=O) groups is 3. The molecule has 0 bridgehead atoms. The molecule has 0 radical (unpaired) electrons. The number of esters is 1. The molecule has 0 aliphatic heterocycles. The first-order chi connectivity index (χ1) is 11.4. The van der Waals surface area contributed by atoms with Crippen LogP contribution in [-0.2, 0) is 9.53 Å². The molecular weight excluding hydrogens is 322 g/mol. The first kappa shape index (κ1) is 16.7. The molecule has 124 valence electrons. The van der Waals surface area contributed by atoms with Crippen molar-refractivity contribution in [1.29, 1.82) is 0 Å². The Morgan fingerprint density at radius 3 is 2.54 bits per heavy atom. The Labute approximate surface area is 134 Å². The van der Waals surface area contributed by atoms with E-state index in [0.717, 1.165) is 12.1 Å². The van der Waals surface area contributed by atoms with E-state index in [0.29, 0.717) is 0 Å². The summed E-state index contributed by atoms with van der Waals surface area (Å²) >= 11 is 0. The van der Waals surface area contributed by atoms with E-state index in [1.807, 2.05) is 0 Å². The summed E-state index contributed by atoms with van der Waals surface area (Å²) in [7, 11) is 0. The van der Waals surface area contributed by atoms with Gasteiger partial charge >= 0.3 is 11.9 Å². The van der Waals surface area contributed by atoms with Gasteiger partial charge in [-0.3, -0.25) is 19.7 Å². The van der Waals surface area contributed by atoms with E-state index >= 15 is 0 Å². The summed E-state index contributed by atoms with van der Waals surface area (Å²) in [6.45, 7) is -0.606. The first-order valence-corrected chi connectivity index (χ1v) is 6.48. The summed E-state index contributed by atoms with van der Waals surface area (Å²) in [4.78, 5) is 44.3. The van der Waals surface area contributed by atoms with Crippen LogP contribution in [0.2, 0.25) is 0 Å². The topological polar surface area (TPSA) is 155 Å². The molecule has 1 aromatic carbocycles. The number of furan rings is 1. The zero-order valence-corrected chi connectivity index (χ0v) is 12.1. The van der Waals surface area contributed by atoms with Crippen molar-refractivity contribution < 1.29 is 28.5 Å². The second-order valence-electron chi connectivity index (χ2n) is 4.44. The van der Waals surface area contributed by atoms with E-state index < -0.39 is 35.2 Å². The summed E-state index contributed by atoms with van der Waals surface area (Å²) in [6.07, 6.45) is 0. The van der Waals surface area contributed by atoms with E-state index in [1.54, 1.807) is 6.07 Å². The highest BCUT2D eigenvalue weighted by Gasteiger charge is 2.20. The maximum absolute atomic E-state index is 12.0. The monoisotopic (exact) mass is 333 g/mol. The fourth-order valence-electron chi connectivity index (χ4n) is 1.72. The molecule has 0 saturated heterocycles. The third-order valence-corrected chi connectivity index (χ3v) is 2.74. The fourth-order valence-corrected chi connectivity index (χ4v) is 1.72. The van der Waals surface area contributed by atoms with Crippen LogP contribution >= 0.6 is 0 Å². The quantitative estimate of drug-likeness (QED) is 0.455. The predicted octanol–water partition coefficient (Wildman–Crippen LogP) is 1.08. The van der Waals surface area contributed by atoms with Gasteiger partial charge in [0, 0.05) is 0 Å². The summed E-state index contributed by atoms with van der Waals surface area (Å²) in [5, 5.41) is 12.9. The Hall–Kier alpha value is -3.69. The number of rotatable bonds is 6. The molecule has 0 unspecified atom stereocenters. The minimum Gasteiger partial charge on any atom is -0.452 e. The molecule has 0 aliphatic rings. The number of carbonyl (C=O) groups excluding carboxylic acids is 3. The van der Waals surface area contributed by atoms with Crippen LogP contribution in [0, 0.1) is 10.1 Å². The van der Waals surface area contributed by atoms with Gasteiger partial charge in [0.2, 0.25) is 0 Å². The Morgan fingerprint density at radius 2 is 1.92 bits per heavy atom. The summed E-state index contributed by atoms with van der Waals surface area (Å²) in [6, 6.07) is 8.00. The van der Waals surface area contributed by atoms with Crippen molar-refractivity contribution in [3.05, 3.63) is 57.8 Å². The molecule has 0 saturated carbocycles. The van der Waals surface area contributed by atoms with Gasteiger partial charge in [-0.25, -0.2) is 4.79 Å². The van der Waals surface area contributed by atoms with Crippen molar-refractivity contribution in [1.82, 2.24) is 0 Å².